The van der Waals surface area contributed by atoms with Crippen LogP contribution in [-0.4, -0.2) is 62.4 Å². The number of carbonyl (C=O) groups excluding carboxylic acids is 4. The smallest absolute Gasteiger partial charge is 0.328 e. The van der Waals surface area contributed by atoms with Crippen molar-refractivity contribution < 1.29 is 33.1 Å². The number of carbonyl (C=O) groups is 4. The van der Waals surface area contributed by atoms with E-state index < -0.39 is 62.4 Å². The molecule has 0 aromatic heterocycles. The Bertz CT molecular complexity index is 1110. The average Bonchev–Trinajstić information content (AvgIpc) is 2.92. The van der Waals surface area contributed by atoms with Crippen molar-refractivity contribution in [3.8, 4) is 0 Å². The minimum absolute atomic E-state index is 0. The number of nitrogens with two attached hydrogens (primary N) is 1. The lowest BCUT2D eigenvalue weighted by atomic mass is 9.97. The van der Waals surface area contributed by atoms with Crippen LogP contribution in [0.15, 0.2) is 30.3 Å². The molecule has 264 valence electrons. The molecule has 0 bridgehead atoms. The predicted octanol–water partition coefficient (Wildman–Crippen LogP) is 5.52. The number of rotatable bonds is 17. The Labute approximate surface area is 284 Å². The van der Waals surface area contributed by atoms with Crippen molar-refractivity contribution in [2.24, 2.45) is 23.5 Å². The van der Waals surface area contributed by atoms with Crippen LogP contribution in [0, 0.1) is 17.8 Å². The van der Waals surface area contributed by atoms with E-state index in [1.54, 1.807) is 13.8 Å². The average molecular weight is 686 g/mol. The molecule has 0 saturated carbocycles. The summed E-state index contributed by atoms with van der Waals surface area (Å²) in [6.07, 6.45) is -1.50. The van der Waals surface area contributed by atoms with Gasteiger partial charge in [-0.3, -0.25) is 14.4 Å². The molecule has 1 aromatic rings. The number of nitrogens with one attached hydrogen (secondary N) is 2. The Morgan fingerprint density at radius 2 is 1.43 bits per heavy atom. The second kappa shape index (κ2) is 19.4. The molecule has 0 aliphatic rings. The van der Waals surface area contributed by atoms with Crippen LogP contribution in [0.25, 0.3) is 0 Å². The number of halogens is 1. The van der Waals surface area contributed by atoms with E-state index in [9.17, 15) is 19.2 Å². The Hall–Kier alpha value is -2.47. The van der Waals surface area contributed by atoms with Crippen molar-refractivity contribution in [1.29, 1.82) is 0 Å². The van der Waals surface area contributed by atoms with E-state index in [1.165, 1.54) is 6.92 Å². The summed E-state index contributed by atoms with van der Waals surface area (Å²) in [5, 5.41) is 5.33. The van der Waals surface area contributed by atoms with Gasteiger partial charge < -0.3 is 30.3 Å². The summed E-state index contributed by atoms with van der Waals surface area (Å²) < 4.78 is 17.6. The molecule has 0 unspecified atom stereocenters. The van der Waals surface area contributed by atoms with Gasteiger partial charge in [-0.05, 0) is 54.8 Å². The molecule has 0 aliphatic heterocycles. The molecule has 12 heteroatoms. The molecule has 46 heavy (non-hydrogen) atoms. The van der Waals surface area contributed by atoms with E-state index in [0.717, 1.165) is 5.56 Å². The fraction of sp³-hybridized carbons (Fsp3) is 0.706. The van der Waals surface area contributed by atoms with Gasteiger partial charge in [0.25, 0.3) is 5.91 Å². The van der Waals surface area contributed by atoms with E-state index in [1.807, 2.05) is 58.0 Å². The van der Waals surface area contributed by atoms with Crippen molar-refractivity contribution in [3.63, 3.8) is 0 Å². The van der Waals surface area contributed by atoms with E-state index in [2.05, 4.69) is 44.5 Å². The highest BCUT2D eigenvalue weighted by Gasteiger charge is 2.42. The molecule has 0 spiro atoms. The number of amides is 2. The lowest BCUT2D eigenvalue weighted by molar-refractivity contribution is -0.161. The summed E-state index contributed by atoms with van der Waals surface area (Å²) in [4.78, 5) is 52.5. The van der Waals surface area contributed by atoms with Crippen molar-refractivity contribution >= 4 is 44.5 Å². The van der Waals surface area contributed by atoms with Crippen LogP contribution in [0.5, 0.6) is 0 Å². The summed E-state index contributed by atoms with van der Waals surface area (Å²) >= 11 is 0. The summed E-state index contributed by atoms with van der Waals surface area (Å²) in [5.41, 5.74) is 7.32. The highest BCUT2D eigenvalue weighted by atomic mass is 35.5. The van der Waals surface area contributed by atoms with Crippen LogP contribution in [0.3, 0.4) is 0 Å². The Balaban J connectivity index is 0.0000202. The van der Waals surface area contributed by atoms with Gasteiger partial charge in [-0.25, -0.2) is 4.79 Å². The summed E-state index contributed by atoms with van der Waals surface area (Å²) in [6, 6.07) is 6.94. The second-order valence-corrected chi connectivity index (χ2v) is 19.4. The Kier molecular flexibility index (Phi) is 18.3. The second-order valence-electron chi connectivity index (χ2n) is 14.6. The monoisotopic (exact) mass is 685 g/mol. The van der Waals surface area contributed by atoms with E-state index >= 15 is 0 Å². The molecule has 0 heterocycles. The largest absolute Gasteiger partial charge is 0.459 e. The maximum atomic E-state index is 13.5. The molecule has 1 rings (SSSR count). The minimum atomic E-state index is -2.27. The first-order valence-electron chi connectivity index (χ1n) is 16.1. The lowest BCUT2D eigenvalue weighted by Gasteiger charge is -2.41. The topological polar surface area (TPSA) is 146 Å². The van der Waals surface area contributed by atoms with E-state index in [0.29, 0.717) is 6.42 Å². The molecule has 0 aliphatic carbocycles. The van der Waals surface area contributed by atoms with Crippen LogP contribution >= 0.6 is 12.4 Å². The van der Waals surface area contributed by atoms with Gasteiger partial charge in [0.15, 0.2) is 14.4 Å². The van der Waals surface area contributed by atoms with Gasteiger partial charge in [0, 0.05) is 6.04 Å². The third-order valence-corrected chi connectivity index (χ3v) is 12.7. The first kappa shape index (κ1) is 43.5. The van der Waals surface area contributed by atoms with Crippen molar-refractivity contribution in [2.75, 3.05) is 0 Å². The van der Waals surface area contributed by atoms with E-state index in [-0.39, 0.29) is 48.2 Å². The van der Waals surface area contributed by atoms with Crippen LogP contribution < -0.4 is 16.4 Å². The molecule has 0 fully saturated rings. The molecule has 10 nitrogen and oxygen atoms in total. The Morgan fingerprint density at radius 1 is 0.870 bits per heavy atom. The quantitative estimate of drug-likeness (QED) is 0.144. The first-order chi connectivity index (χ1) is 20.7. The predicted molar refractivity (Wildman–Crippen MR) is 187 cm³/mol. The molecular formula is C34H60ClN3O7Si. The normalized spacial score (nSPS) is 15.3. The number of hydrogen-bond donors (Lipinski definition) is 3. The van der Waals surface area contributed by atoms with Crippen molar-refractivity contribution in [3.05, 3.63) is 35.9 Å². The van der Waals surface area contributed by atoms with Gasteiger partial charge in [-0.15, -0.1) is 12.4 Å². The summed E-state index contributed by atoms with van der Waals surface area (Å²) in [6.45, 7) is 23.5. The van der Waals surface area contributed by atoms with Gasteiger partial charge in [0.05, 0.1) is 12.5 Å². The maximum Gasteiger partial charge on any atom is 0.328 e. The van der Waals surface area contributed by atoms with Crippen LogP contribution in [0.1, 0.15) is 87.6 Å². The zero-order valence-electron chi connectivity index (χ0n) is 30.0. The molecule has 2 amide bonds. The van der Waals surface area contributed by atoms with Gasteiger partial charge in [-0.2, -0.15) is 0 Å². The molecule has 0 saturated heterocycles. The molecule has 5 atom stereocenters. The van der Waals surface area contributed by atoms with Crippen molar-refractivity contribution in [2.45, 2.75) is 137 Å². The maximum absolute atomic E-state index is 13.5. The number of hydrogen-bond acceptors (Lipinski definition) is 8. The highest BCUT2D eigenvalue weighted by Crippen LogP contribution is 2.38. The molecule has 4 N–H and O–H groups in total. The third kappa shape index (κ3) is 14.5. The van der Waals surface area contributed by atoms with Gasteiger partial charge in [0.1, 0.15) is 18.7 Å². The summed E-state index contributed by atoms with van der Waals surface area (Å²) in [5.74, 6) is -2.57. The zero-order chi connectivity index (χ0) is 34.7. The van der Waals surface area contributed by atoms with Crippen molar-refractivity contribution in [1.82, 2.24) is 10.6 Å². The number of ether oxygens (including phenoxy) is 2. The van der Waals surface area contributed by atoms with Gasteiger partial charge in [0.2, 0.25) is 5.91 Å². The highest BCUT2D eigenvalue weighted by molar-refractivity contribution is 6.74. The standard InChI is InChI=1S/C34H59N3O7Si.ClH/c1-21(2)18-26(31(39)36-24(7)33(41)42-20-25-16-14-13-15-17-25)37-32(40)30(23(5)6)43-28(38)19-27(29(35)22(3)4)44-45(11,12)34(8,9)10;/h13-17,21-24,26-27,29-30H,18-20,35H2,1-12H3,(H,36,39)(H,37,40);1H/t24-,26-,27-,29+,30-;/m0./s1. The Morgan fingerprint density at radius 3 is 1.91 bits per heavy atom. The van der Waals surface area contributed by atoms with Gasteiger partial charge >= 0.3 is 11.9 Å². The lowest BCUT2D eigenvalue weighted by Crippen LogP contribution is -2.54. The molecular weight excluding hydrogens is 626 g/mol. The summed E-state index contributed by atoms with van der Waals surface area (Å²) in [7, 11) is -2.27. The van der Waals surface area contributed by atoms with Crippen LogP contribution in [0.2, 0.25) is 18.1 Å². The fourth-order valence-electron chi connectivity index (χ4n) is 4.27. The SMILES string of the molecule is CC(C)C[C@H](NC(=O)[C@@H](OC(=O)C[C@H](O[Si](C)(C)C(C)(C)C)[C@H](N)C(C)C)C(C)C)C(=O)N[C@@H](C)C(=O)OCc1ccccc1.Cl. The third-order valence-electron chi connectivity index (χ3n) is 8.22. The van der Waals surface area contributed by atoms with Crippen LogP contribution in [0.4, 0.5) is 0 Å². The van der Waals surface area contributed by atoms with Gasteiger partial charge in [-0.1, -0.05) is 92.6 Å². The minimum Gasteiger partial charge on any atom is -0.459 e. The van der Waals surface area contributed by atoms with E-state index in [4.69, 9.17) is 19.6 Å². The van der Waals surface area contributed by atoms with Crippen LogP contribution in [-0.2, 0) is 39.7 Å². The number of benzene rings is 1. The molecule has 1 aromatic carbocycles. The first-order valence-corrected chi connectivity index (χ1v) is 19.0. The molecule has 0 radical (unpaired) electrons. The zero-order valence-corrected chi connectivity index (χ0v) is 31.8. The number of esters is 2. The fourth-order valence-corrected chi connectivity index (χ4v) is 5.62.